The maximum atomic E-state index is 11.0. The van der Waals surface area contributed by atoms with Gasteiger partial charge in [-0.2, -0.15) is 0 Å². The summed E-state index contributed by atoms with van der Waals surface area (Å²) in [5.41, 5.74) is 9.33. The Hall–Kier alpha value is -1.72. The molecule has 18 heavy (non-hydrogen) atoms. The van der Waals surface area contributed by atoms with Crippen molar-refractivity contribution >= 4 is 17.2 Å². The molecule has 2 aromatic rings. The molecular weight excluding hydrogens is 246 g/mol. The summed E-state index contributed by atoms with van der Waals surface area (Å²) >= 11 is 1.45. The second-order valence-corrected chi connectivity index (χ2v) is 5.17. The van der Waals surface area contributed by atoms with Crippen molar-refractivity contribution in [1.82, 2.24) is 10.3 Å². The van der Waals surface area contributed by atoms with Gasteiger partial charge in [0.2, 0.25) is 0 Å². The number of nitrogens with one attached hydrogen (secondary N) is 1. The summed E-state index contributed by atoms with van der Waals surface area (Å²) in [6.45, 7) is 1.95. The van der Waals surface area contributed by atoms with E-state index in [-0.39, 0.29) is 0 Å². The molecule has 0 radical (unpaired) electrons. The number of amides is 1. The van der Waals surface area contributed by atoms with Crippen LogP contribution in [0.5, 0.6) is 0 Å². The van der Waals surface area contributed by atoms with Crippen molar-refractivity contribution in [2.24, 2.45) is 5.73 Å². The quantitative estimate of drug-likeness (QED) is 0.860. The van der Waals surface area contributed by atoms with Crippen molar-refractivity contribution in [3.05, 3.63) is 40.4 Å². The average molecular weight is 259 g/mol. The molecule has 1 aliphatic rings. The molecule has 1 amide bonds. The number of carbonyl (C=O) groups is 1. The average Bonchev–Trinajstić information content (AvgIpc) is 2.88. The van der Waals surface area contributed by atoms with Crippen molar-refractivity contribution in [3.63, 3.8) is 0 Å². The highest BCUT2D eigenvalue weighted by molar-refractivity contribution is 7.13. The van der Waals surface area contributed by atoms with Crippen LogP contribution in [0.3, 0.4) is 0 Å². The minimum absolute atomic E-state index is 0.342. The molecule has 0 unspecified atom stereocenters. The van der Waals surface area contributed by atoms with Gasteiger partial charge in [-0.1, -0.05) is 12.1 Å². The minimum atomic E-state index is -0.473. The number of hydrogen-bond donors (Lipinski definition) is 2. The van der Waals surface area contributed by atoms with Crippen LogP contribution in [0.1, 0.15) is 21.6 Å². The number of aromatic nitrogens is 1. The van der Waals surface area contributed by atoms with E-state index in [1.54, 1.807) is 5.38 Å². The van der Waals surface area contributed by atoms with E-state index in [4.69, 9.17) is 5.73 Å². The van der Waals surface area contributed by atoms with Crippen LogP contribution in [0.2, 0.25) is 0 Å². The fourth-order valence-electron chi connectivity index (χ4n) is 2.13. The Labute approximate surface area is 109 Å². The third-order valence-corrected chi connectivity index (χ3v) is 3.99. The topological polar surface area (TPSA) is 68.0 Å². The highest BCUT2D eigenvalue weighted by Crippen LogP contribution is 2.27. The maximum Gasteiger partial charge on any atom is 0.268 e. The molecule has 1 aliphatic heterocycles. The van der Waals surface area contributed by atoms with E-state index in [9.17, 15) is 4.79 Å². The number of hydrogen-bond acceptors (Lipinski definition) is 4. The van der Waals surface area contributed by atoms with Gasteiger partial charge in [-0.3, -0.25) is 4.79 Å². The summed E-state index contributed by atoms with van der Waals surface area (Å²) < 4.78 is 0. The predicted molar refractivity (Wildman–Crippen MR) is 71.5 cm³/mol. The molecule has 3 N–H and O–H groups in total. The maximum absolute atomic E-state index is 11.0. The van der Waals surface area contributed by atoms with Crippen LogP contribution < -0.4 is 11.1 Å². The monoisotopic (exact) mass is 259 g/mol. The minimum Gasteiger partial charge on any atom is -0.364 e. The molecule has 4 nitrogen and oxygen atoms in total. The van der Waals surface area contributed by atoms with Crippen LogP contribution in [0.4, 0.5) is 0 Å². The number of benzene rings is 1. The first-order valence-electron chi connectivity index (χ1n) is 5.82. The van der Waals surface area contributed by atoms with Crippen LogP contribution in [0.15, 0.2) is 23.6 Å². The lowest BCUT2D eigenvalue weighted by molar-refractivity contribution is 0.0996. The van der Waals surface area contributed by atoms with E-state index in [1.807, 2.05) is 0 Å². The summed E-state index contributed by atoms with van der Waals surface area (Å²) in [4.78, 5) is 15.3. The fraction of sp³-hybridized carbons (Fsp3) is 0.231. The van der Waals surface area contributed by atoms with Crippen LogP contribution in [0.25, 0.3) is 10.6 Å². The highest BCUT2D eigenvalue weighted by atomic mass is 32.1. The zero-order valence-electron chi connectivity index (χ0n) is 9.77. The van der Waals surface area contributed by atoms with Crippen LogP contribution >= 0.6 is 11.3 Å². The zero-order chi connectivity index (χ0) is 12.5. The summed E-state index contributed by atoms with van der Waals surface area (Å²) in [5, 5.41) is 5.90. The van der Waals surface area contributed by atoms with Gasteiger partial charge in [0.15, 0.2) is 0 Å². The molecule has 3 rings (SSSR count). The van der Waals surface area contributed by atoms with Crippen LogP contribution in [-0.4, -0.2) is 17.4 Å². The number of primary amides is 1. The van der Waals surface area contributed by atoms with Gasteiger partial charge in [-0.25, -0.2) is 4.98 Å². The van der Waals surface area contributed by atoms with Crippen LogP contribution in [0, 0.1) is 0 Å². The van der Waals surface area contributed by atoms with E-state index in [0.717, 1.165) is 30.1 Å². The molecule has 0 bridgehead atoms. The third kappa shape index (κ3) is 2.02. The van der Waals surface area contributed by atoms with E-state index in [0.29, 0.717) is 5.69 Å². The van der Waals surface area contributed by atoms with Gasteiger partial charge in [0.05, 0.1) is 0 Å². The zero-order valence-corrected chi connectivity index (χ0v) is 10.6. The first kappa shape index (κ1) is 11.4. The normalized spacial score (nSPS) is 14.2. The second kappa shape index (κ2) is 4.51. The Bertz CT molecular complexity index is 606. The van der Waals surface area contributed by atoms with E-state index in [1.165, 1.54) is 22.5 Å². The lowest BCUT2D eigenvalue weighted by Crippen LogP contribution is -2.23. The third-order valence-electron chi connectivity index (χ3n) is 3.10. The lowest BCUT2D eigenvalue weighted by Gasteiger charge is -2.17. The first-order chi connectivity index (χ1) is 8.74. The number of nitrogens with two attached hydrogens (primary N) is 1. The van der Waals surface area contributed by atoms with Gasteiger partial charge in [0, 0.05) is 17.5 Å². The van der Waals surface area contributed by atoms with E-state index in [2.05, 4.69) is 28.5 Å². The molecule has 0 fully saturated rings. The molecule has 0 saturated heterocycles. The number of carbonyl (C=O) groups excluding carboxylic acids is 1. The second-order valence-electron chi connectivity index (χ2n) is 4.31. The van der Waals surface area contributed by atoms with Crippen molar-refractivity contribution < 1.29 is 4.79 Å². The van der Waals surface area contributed by atoms with Crippen molar-refractivity contribution in [3.8, 4) is 10.6 Å². The smallest absolute Gasteiger partial charge is 0.268 e. The van der Waals surface area contributed by atoms with Gasteiger partial charge in [0.1, 0.15) is 10.7 Å². The molecule has 5 heteroatoms. The number of nitrogens with zero attached hydrogens (tertiary/aromatic N) is 1. The van der Waals surface area contributed by atoms with Crippen molar-refractivity contribution in [1.29, 1.82) is 0 Å². The highest BCUT2D eigenvalue weighted by Gasteiger charge is 2.12. The van der Waals surface area contributed by atoms with E-state index < -0.39 is 5.91 Å². The first-order valence-corrected chi connectivity index (χ1v) is 6.70. The summed E-state index contributed by atoms with van der Waals surface area (Å²) in [6, 6.07) is 6.34. The molecule has 0 spiro atoms. The molecule has 0 aliphatic carbocycles. The Morgan fingerprint density at radius 3 is 3.06 bits per heavy atom. The molecule has 92 valence electrons. The van der Waals surface area contributed by atoms with Gasteiger partial charge < -0.3 is 11.1 Å². The Morgan fingerprint density at radius 1 is 1.39 bits per heavy atom. The molecule has 1 aromatic heterocycles. The van der Waals surface area contributed by atoms with Gasteiger partial charge in [-0.15, -0.1) is 11.3 Å². The lowest BCUT2D eigenvalue weighted by atomic mass is 9.99. The summed E-state index contributed by atoms with van der Waals surface area (Å²) in [7, 11) is 0. The van der Waals surface area contributed by atoms with Crippen molar-refractivity contribution in [2.75, 3.05) is 6.54 Å². The Morgan fingerprint density at radius 2 is 2.28 bits per heavy atom. The molecule has 0 saturated carbocycles. The summed E-state index contributed by atoms with van der Waals surface area (Å²) in [6.07, 6.45) is 1.04. The molecule has 1 aromatic carbocycles. The van der Waals surface area contributed by atoms with Gasteiger partial charge in [0.25, 0.3) is 5.91 Å². The fourth-order valence-corrected chi connectivity index (χ4v) is 2.94. The number of rotatable bonds is 2. The van der Waals surface area contributed by atoms with Gasteiger partial charge in [-0.05, 0) is 30.2 Å². The number of thiazole rings is 1. The Kier molecular flexibility index (Phi) is 2.85. The molecule has 0 atom stereocenters. The Balaban J connectivity index is 1.98. The molecule has 2 heterocycles. The standard InChI is InChI=1S/C13H13N3OS/c14-12(17)11-7-18-13(16-11)9-1-2-10-6-15-4-3-8(10)5-9/h1-2,5,7,15H,3-4,6H2,(H2,14,17). The summed E-state index contributed by atoms with van der Waals surface area (Å²) in [5.74, 6) is -0.473. The van der Waals surface area contributed by atoms with Gasteiger partial charge >= 0.3 is 0 Å². The largest absolute Gasteiger partial charge is 0.364 e. The predicted octanol–water partition coefficient (Wildman–Crippen LogP) is 1.55. The number of fused-ring (bicyclic) bond motifs is 1. The SMILES string of the molecule is NC(=O)c1csc(-c2ccc3c(c2)CCNC3)n1. The molecular formula is C13H13N3OS. The van der Waals surface area contributed by atoms with Crippen LogP contribution in [-0.2, 0) is 13.0 Å². The van der Waals surface area contributed by atoms with Crippen molar-refractivity contribution in [2.45, 2.75) is 13.0 Å². The van der Waals surface area contributed by atoms with E-state index >= 15 is 0 Å².